The SMILES string of the molecule is CCC1C=C(C)C(C=C(C(C)=N)C(=O)Nc2ccc(S(=O)(=O)O)cc2)C(=O)N1C1=CCC(C)(S(=O)(=O)O)C=C1. The molecule has 39 heavy (non-hydrogen) atoms. The average Bonchev–Trinajstić information content (AvgIpc) is 2.83. The highest BCUT2D eigenvalue weighted by molar-refractivity contribution is 7.87. The molecule has 1 aromatic rings. The summed E-state index contributed by atoms with van der Waals surface area (Å²) in [6, 6.07) is 4.47. The standard InChI is InChI=1S/C26H31N3O8S2/c1-5-19-14-16(2)22(25(31)29(19)20-10-12-26(4,13-11-20)39(35,36)37)15-23(17(3)27)24(30)28-18-6-8-21(9-7-18)38(32,33)34/h6-12,14-15,19,22,27H,5,13H2,1-4H3,(H,28,30)(H,32,33,34)(H,35,36,37). The minimum absolute atomic E-state index is 0.0370. The number of rotatable bonds is 8. The van der Waals surface area contributed by atoms with E-state index in [4.69, 9.17) is 9.96 Å². The van der Waals surface area contributed by atoms with Gasteiger partial charge >= 0.3 is 0 Å². The summed E-state index contributed by atoms with van der Waals surface area (Å²) in [6.45, 7) is 6.43. The molecule has 1 aromatic carbocycles. The summed E-state index contributed by atoms with van der Waals surface area (Å²) in [6.07, 6.45) is 8.22. The molecular formula is C26H31N3O8S2. The van der Waals surface area contributed by atoms with Crippen LogP contribution in [0.4, 0.5) is 5.69 Å². The van der Waals surface area contributed by atoms with Gasteiger partial charge in [-0.1, -0.05) is 36.8 Å². The van der Waals surface area contributed by atoms with Crippen molar-refractivity contribution in [3.05, 3.63) is 71.5 Å². The van der Waals surface area contributed by atoms with Crippen LogP contribution in [0.1, 0.15) is 40.5 Å². The van der Waals surface area contributed by atoms with Gasteiger partial charge in [-0.05, 0) is 64.0 Å². The minimum atomic E-state index is -4.40. The second-order valence-electron chi connectivity index (χ2n) is 9.69. The molecule has 4 N–H and O–H groups in total. The minimum Gasteiger partial charge on any atom is -0.322 e. The van der Waals surface area contributed by atoms with Gasteiger partial charge in [0.15, 0.2) is 0 Å². The van der Waals surface area contributed by atoms with Gasteiger partial charge in [0, 0.05) is 17.1 Å². The van der Waals surface area contributed by atoms with E-state index in [9.17, 15) is 31.0 Å². The van der Waals surface area contributed by atoms with Crippen LogP contribution in [0.3, 0.4) is 0 Å². The smallest absolute Gasteiger partial charge is 0.294 e. The van der Waals surface area contributed by atoms with Crippen molar-refractivity contribution in [2.24, 2.45) is 5.92 Å². The number of hydrogen-bond donors (Lipinski definition) is 4. The summed E-state index contributed by atoms with van der Waals surface area (Å²) >= 11 is 0. The molecule has 0 bridgehead atoms. The molecule has 13 heteroatoms. The lowest BCUT2D eigenvalue weighted by atomic mass is 9.87. The van der Waals surface area contributed by atoms with E-state index >= 15 is 0 Å². The first-order chi connectivity index (χ1) is 18.0. The Morgan fingerprint density at radius 1 is 1.21 bits per heavy atom. The molecule has 3 rings (SSSR count). The van der Waals surface area contributed by atoms with E-state index in [-0.39, 0.29) is 40.2 Å². The van der Waals surface area contributed by atoms with Gasteiger partial charge in [-0.15, -0.1) is 0 Å². The second-order valence-corrected chi connectivity index (χ2v) is 13.0. The number of carbonyl (C=O) groups is 2. The molecule has 1 aliphatic carbocycles. The van der Waals surface area contributed by atoms with E-state index in [1.807, 2.05) is 13.0 Å². The number of benzene rings is 1. The molecule has 0 spiro atoms. The number of anilines is 1. The number of nitrogens with one attached hydrogen (secondary N) is 2. The largest absolute Gasteiger partial charge is 0.322 e. The van der Waals surface area contributed by atoms with Crippen LogP contribution in [0, 0.1) is 11.3 Å². The quantitative estimate of drug-likeness (QED) is 0.157. The van der Waals surface area contributed by atoms with Crippen molar-refractivity contribution in [1.82, 2.24) is 4.90 Å². The Morgan fingerprint density at radius 2 is 1.82 bits per heavy atom. The summed E-state index contributed by atoms with van der Waals surface area (Å²) in [4.78, 5) is 28.0. The Bertz CT molecular complexity index is 1540. The predicted molar refractivity (Wildman–Crippen MR) is 146 cm³/mol. The first-order valence-electron chi connectivity index (χ1n) is 12.0. The lowest BCUT2D eigenvalue weighted by Crippen LogP contribution is -2.46. The van der Waals surface area contributed by atoms with Gasteiger partial charge in [0.25, 0.3) is 26.1 Å². The van der Waals surface area contributed by atoms with E-state index in [0.29, 0.717) is 17.7 Å². The molecule has 0 fully saturated rings. The molecule has 0 aromatic heterocycles. The Labute approximate surface area is 228 Å². The monoisotopic (exact) mass is 577 g/mol. The van der Waals surface area contributed by atoms with Crippen LogP contribution in [0.2, 0.25) is 0 Å². The van der Waals surface area contributed by atoms with Crippen LogP contribution in [0.15, 0.2) is 76.4 Å². The highest BCUT2D eigenvalue weighted by Gasteiger charge is 2.40. The Morgan fingerprint density at radius 3 is 2.28 bits per heavy atom. The normalized spacial score (nSPS) is 24.2. The van der Waals surface area contributed by atoms with Crippen LogP contribution in [-0.2, 0) is 29.8 Å². The van der Waals surface area contributed by atoms with Crippen molar-refractivity contribution in [3.8, 4) is 0 Å². The Kier molecular flexibility index (Phi) is 8.51. The van der Waals surface area contributed by atoms with E-state index in [1.54, 1.807) is 13.0 Å². The zero-order valence-electron chi connectivity index (χ0n) is 21.9. The molecule has 3 unspecified atom stereocenters. The third kappa shape index (κ3) is 6.44. The molecule has 2 aliphatic rings. The molecule has 0 radical (unpaired) electrons. The fourth-order valence-electron chi connectivity index (χ4n) is 4.33. The highest BCUT2D eigenvalue weighted by atomic mass is 32.2. The lowest BCUT2D eigenvalue weighted by Gasteiger charge is -2.39. The van der Waals surface area contributed by atoms with Gasteiger partial charge in [0.1, 0.15) is 4.75 Å². The molecular weight excluding hydrogens is 546 g/mol. The second kappa shape index (κ2) is 11.0. The molecule has 210 valence electrons. The Balaban J connectivity index is 1.93. The summed E-state index contributed by atoms with van der Waals surface area (Å²) in [5.41, 5.74) is 1.19. The Hall–Kier alpha value is -3.39. The van der Waals surface area contributed by atoms with Gasteiger partial charge in [-0.3, -0.25) is 18.7 Å². The topological polar surface area (TPSA) is 182 Å². The highest BCUT2D eigenvalue weighted by Crippen LogP contribution is 2.35. The third-order valence-electron chi connectivity index (χ3n) is 6.78. The van der Waals surface area contributed by atoms with Gasteiger partial charge < -0.3 is 15.6 Å². The summed E-state index contributed by atoms with van der Waals surface area (Å²) in [7, 11) is -8.77. The third-order valence-corrected chi connectivity index (χ3v) is 9.13. The predicted octanol–water partition coefficient (Wildman–Crippen LogP) is 3.51. The number of carbonyl (C=O) groups excluding carboxylic acids is 2. The van der Waals surface area contributed by atoms with Crippen molar-refractivity contribution in [2.75, 3.05) is 5.32 Å². The zero-order valence-corrected chi connectivity index (χ0v) is 23.5. The van der Waals surface area contributed by atoms with Crippen molar-refractivity contribution < 1.29 is 35.5 Å². The summed E-state index contributed by atoms with van der Waals surface area (Å²) in [5, 5.41) is 10.7. The first kappa shape index (κ1) is 30.2. The van der Waals surface area contributed by atoms with Crippen LogP contribution in [-0.4, -0.2) is 59.2 Å². The average molecular weight is 578 g/mol. The molecule has 1 aliphatic heterocycles. The number of hydrogen-bond acceptors (Lipinski definition) is 7. The first-order valence-corrected chi connectivity index (χ1v) is 14.9. The van der Waals surface area contributed by atoms with Gasteiger partial charge in [0.2, 0.25) is 5.91 Å². The zero-order chi connectivity index (χ0) is 29.3. The molecule has 2 amide bonds. The van der Waals surface area contributed by atoms with E-state index < -0.39 is 36.8 Å². The number of allylic oxidation sites excluding steroid dienone is 2. The fraction of sp³-hybridized carbons (Fsp3) is 0.346. The van der Waals surface area contributed by atoms with Crippen molar-refractivity contribution >= 4 is 43.4 Å². The van der Waals surface area contributed by atoms with Gasteiger partial charge in [0.05, 0.1) is 22.4 Å². The van der Waals surface area contributed by atoms with Crippen LogP contribution >= 0.6 is 0 Å². The van der Waals surface area contributed by atoms with E-state index in [0.717, 1.165) is 12.1 Å². The molecule has 0 saturated carbocycles. The van der Waals surface area contributed by atoms with Crippen molar-refractivity contribution in [1.29, 1.82) is 5.41 Å². The molecule has 1 heterocycles. The molecule has 3 atom stereocenters. The number of nitrogens with zero attached hydrogens (tertiary/aromatic N) is 1. The van der Waals surface area contributed by atoms with E-state index in [1.165, 1.54) is 49.1 Å². The maximum absolute atomic E-state index is 13.7. The van der Waals surface area contributed by atoms with Crippen molar-refractivity contribution in [3.63, 3.8) is 0 Å². The molecule has 11 nitrogen and oxygen atoms in total. The van der Waals surface area contributed by atoms with Crippen LogP contribution in [0.25, 0.3) is 0 Å². The van der Waals surface area contributed by atoms with Crippen molar-refractivity contribution in [2.45, 2.75) is 56.2 Å². The fourth-order valence-corrected chi connectivity index (χ4v) is 5.35. The molecule has 0 saturated heterocycles. The number of amides is 2. The lowest BCUT2D eigenvalue weighted by molar-refractivity contribution is -0.132. The van der Waals surface area contributed by atoms with Gasteiger partial charge in [-0.25, -0.2) is 0 Å². The van der Waals surface area contributed by atoms with Crippen LogP contribution < -0.4 is 5.32 Å². The van der Waals surface area contributed by atoms with Crippen LogP contribution in [0.5, 0.6) is 0 Å². The summed E-state index contributed by atoms with van der Waals surface area (Å²) in [5.74, 6) is -1.94. The summed E-state index contributed by atoms with van der Waals surface area (Å²) < 4.78 is 63.3. The maximum Gasteiger partial charge on any atom is 0.294 e. The van der Waals surface area contributed by atoms with Gasteiger partial charge in [-0.2, -0.15) is 16.8 Å². The maximum atomic E-state index is 13.7. The van der Waals surface area contributed by atoms with E-state index in [2.05, 4.69) is 5.32 Å².